The largest absolute Gasteiger partial charge is 0.383 e. The van der Waals surface area contributed by atoms with Crippen molar-refractivity contribution in [2.45, 2.75) is 19.8 Å². The monoisotopic (exact) mass is 196 g/mol. The maximum Gasteiger partial charge on any atom is 0.240 e. The molecule has 4 nitrogen and oxygen atoms in total. The second-order valence-corrected chi connectivity index (χ2v) is 3.96. The molecule has 0 aromatic heterocycles. The Hall–Kier alpha value is -1.08. The first-order valence-electron chi connectivity index (χ1n) is 4.83. The topological polar surface area (TPSA) is 62.1 Å². The fourth-order valence-corrected chi connectivity index (χ4v) is 1.89. The summed E-state index contributed by atoms with van der Waals surface area (Å²) in [5.74, 6) is 0.345. The van der Waals surface area contributed by atoms with Gasteiger partial charge < -0.3 is 10.1 Å². The lowest BCUT2D eigenvalue weighted by atomic mass is 9.63. The van der Waals surface area contributed by atoms with Crippen LogP contribution in [0.1, 0.15) is 19.8 Å². The van der Waals surface area contributed by atoms with E-state index in [1.54, 1.807) is 7.11 Å². The lowest BCUT2D eigenvalue weighted by Crippen LogP contribution is -2.48. The molecule has 0 radical (unpaired) electrons. The maximum atomic E-state index is 11.6. The van der Waals surface area contributed by atoms with Gasteiger partial charge in [0.15, 0.2) is 0 Å². The van der Waals surface area contributed by atoms with Crippen LogP contribution in [0, 0.1) is 22.7 Å². The van der Waals surface area contributed by atoms with Crippen molar-refractivity contribution in [2.75, 3.05) is 20.3 Å². The third kappa shape index (κ3) is 2.05. The Labute approximate surface area is 84.2 Å². The van der Waals surface area contributed by atoms with Gasteiger partial charge in [0.1, 0.15) is 5.41 Å². The molecular formula is C10H16N2O2. The Kier molecular flexibility index (Phi) is 3.48. The third-order valence-electron chi connectivity index (χ3n) is 2.63. The molecule has 78 valence electrons. The predicted octanol–water partition coefficient (Wildman–Crippen LogP) is 0.689. The smallest absolute Gasteiger partial charge is 0.240 e. The Balaban J connectivity index is 2.39. The molecule has 1 saturated carbocycles. The highest BCUT2D eigenvalue weighted by atomic mass is 16.5. The minimum atomic E-state index is -0.757. The van der Waals surface area contributed by atoms with Crippen LogP contribution in [-0.4, -0.2) is 26.2 Å². The highest BCUT2D eigenvalue weighted by Gasteiger charge is 2.48. The van der Waals surface area contributed by atoms with Gasteiger partial charge in [-0.05, 0) is 18.8 Å². The van der Waals surface area contributed by atoms with Gasteiger partial charge >= 0.3 is 0 Å². The van der Waals surface area contributed by atoms with Crippen molar-refractivity contribution in [1.29, 1.82) is 5.26 Å². The molecule has 14 heavy (non-hydrogen) atoms. The number of ether oxygens (including phenoxy) is 1. The van der Waals surface area contributed by atoms with Crippen molar-refractivity contribution in [1.82, 2.24) is 5.32 Å². The van der Waals surface area contributed by atoms with Crippen LogP contribution >= 0.6 is 0 Å². The normalized spacial score (nSPS) is 30.2. The zero-order valence-corrected chi connectivity index (χ0v) is 8.67. The number of methoxy groups -OCH3 is 1. The predicted molar refractivity (Wildman–Crippen MR) is 51.3 cm³/mol. The number of carbonyl (C=O) groups excluding carboxylic acids is 1. The molecule has 1 rings (SSSR count). The molecule has 1 fully saturated rings. The van der Waals surface area contributed by atoms with Crippen LogP contribution in [0.2, 0.25) is 0 Å². The molecule has 1 N–H and O–H groups in total. The van der Waals surface area contributed by atoms with E-state index in [0.29, 0.717) is 31.9 Å². The van der Waals surface area contributed by atoms with Gasteiger partial charge in [-0.3, -0.25) is 4.79 Å². The fraction of sp³-hybridized carbons (Fsp3) is 0.800. The molecule has 0 heterocycles. The molecule has 0 aliphatic heterocycles. The van der Waals surface area contributed by atoms with E-state index in [0.717, 1.165) is 0 Å². The number of nitrogens with one attached hydrogen (secondary N) is 1. The minimum Gasteiger partial charge on any atom is -0.383 e. The lowest BCUT2D eigenvalue weighted by molar-refractivity contribution is -0.134. The fourth-order valence-electron chi connectivity index (χ4n) is 1.89. The Bertz CT molecular complexity index is 251. The number of nitriles is 1. The van der Waals surface area contributed by atoms with E-state index in [1.165, 1.54) is 0 Å². The van der Waals surface area contributed by atoms with Crippen LogP contribution < -0.4 is 5.32 Å². The summed E-state index contributed by atoms with van der Waals surface area (Å²) in [6.07, 6.45) is 1.37. The summed E-state index contributed by atoms with van der Waals surface area (Å²) in [4.78, 5) is 11.6. The second-order valence-electron chi connectivity index (χ2n) is 3.96. The number of carbonyl (C=O) groups is 1. The lowest BCUT2D eigenvalue weighted by Gasteiger charge is -2.39. The summed E-state index contributed by atoms with van der Waals surface area (Å²) in [6, 6.07) is 2.12. The molecule has 1 amide bonds. The Morgan fingerprint density at radius 2 is 2.36 bits per heavy atom. The van der Waals surface area contributed by atoms with Crippen LogP contribution in [0.15, 0.2) is 0 Å². The molecule has 1 aliphatic carbocycles. The van der Waals surface area contributed by atoms with Gasteiger partial charge in [-0.25, -0.2) is 0 Å². The van der Waals surface area contributed by atoms with E-state index in [2.05, 4.69) is 18.3 Å². The summed E-state index contributed by atoms with van der Waals surface area (Å²) in [5.41, 5.74) is -0.757. The van der Waals surface area contributed by atoms with Crippen LogP contribution in [0.5, 0.6) is 0 Å². The number of amides is 1. The molecule has 0 bridgehead atoms. The average molecular weight is 196 g/mol. The van der Waals surface area contributed by atoms with Crippen molar-refractivity contribution in [2.24, 2.45) is 11.3 Å². The molecule has 1 aliphatic rings. The molecular weight excluding hydrogens is 180 g/mol. The number of hydrogen-bond acceptors (Lipinski definition) is 3. The Morgan fingerprint density at radius 3 is 2.79 bits per heavy atom. The summed E-state index contributed by atoms with van der Waals surface area (Å²) in [7, 11) is 1.58. The van der Waals surface area contributed by atoms with Gasteiger partial charge in [-0.2, -0.15) is 5.26 Å². The van der Waals surface area contributed by atoms with E-state index in [-0.39, 0.29) is 5.91 Å². The number of hydrogen-bond donors (Lipinski definition) is 1. The summed E-state index contributed by atoms with van der Waals surface area (Å²) in [6.45, 7) is 3.02. The summed E-state index contributed by atoms with van der Waals surface area (Å²) >= 11 is 0. The van der Waals surface area contributed by atoms with Gasteiger partial charge in [-0.15, -0.1) is 0 Å². The van der Waals surface area contributed by atoms with Gasteiger partial charge in [0.2, 0.25) is 5.91 Å². The van der Waals surface area contributed by atoms with Crippen LogP contribution in [0.4, 0.5) is 0 Å². The molecule has 0 atom stereocenters. The minimum absolute atomic E-state index is 0.143. The highest BCUT2D eigenvalue weighted by Crippen LogP contribution is 2.44. The van der Waals surface area contributed by atoms with E-state index in [4.69, 9.17) is 10.00 Å². The van der Waals surface area contributed by atoms with Crippen molar-refractivity contribution < 1.29 is 9.53 Å². The summed E-state index contributed by atoms with van der Waals surface area (Å²) in [5, 5.41) is 11.7. The van der Waals surface area contributed by atoms with Crippen molar-refractivity contribution in [3.8, 4) is 6.07 Å². The molecule has 0 aromatic carbocycles. The number of nitrogens with zero attached hydrogens (tertiary/aromatic N) is 1. The molecule has 0 unspecified atom stereocenters. The zero-order valence-electron chi connectivity index (χ0n) is 8.67. The summed E-state index contributed by atoms with van der Waals surface area (Å²) < 4.78 is 4.81. The molecule has 0 spiro atoms. The Morgan fingerprint density at radius 1 is 1.71 bits per heavy atom. The first kappa shape index (κ1) is 11.0. The van der Waals surface area contributed by atoms with Crippen LogP contribution in [0.3, 0.4) is 0 Å². The standard InChI is InChI=1S/C10H16N2O2/c1-8-5-10(6-8,7-11)9(13)12-3-4-14-2/h8H,3-6H2,1-2H3,(H,12,13). The average Bonchev–Trinajstić information content (AvgIpc) is 2.12. The van der Waals surface area contributed by atoms with Crippen LogP contribution in [-0.2, 0) is 9.53 Å². The van der Waals surface area contributed by atoms with Gasteiger partial charge in [0.25, 0.3) is 0 Å². The van der Waals surface area contributed by atoms with E-state index in [1.807, 2.05) is 0 Å². The maximum absolute atomic E-state index is 11.6. The van der Waals surface area contributed by atoms with Crippen molar-refractivity contribution >= 4 is 5.91 Å². The van der Waals surface area contributed by atoms with E-state index in [9.17, 15) is 4.79 Å². The SMILES string of the molecule is COCCNC(=O)C1(C#N)CC(C)C1. The van der Waals surface area contributed by atoms with Crippen molar-refractivity contribution in [3.05, 3.63) is 0 Å². The van der Waals surface area contributed by atoms with Crippen molar-refractivity contribution in [3.63, 3.8) is 0 Å². The van der Waals surface area contributed by atoms with Gasteiger partial charge in [-0.1, -0.05) is 6.92 Å². The molecule has 0 saturated heterocycles. The van der Waals surface area contributed by atoms with E-state index >= 15 is 0 Å². The first-order chi connectivity index (χ1) is 6.64. The quantitative estimate of drug-likeness (QED) is 0.673. The van der Waals surface area contributed by atoms with E-state index < -0.39 is 5.41 Å². The molecule has 0 aromatic rings. The number of rotatable bonds is 4. The van der Waals surface area contributed by atoms with Gasteiger partial charge in [0, 0.05) is 13.7 Å². The molecule has 4 heteroatoms. The van der Waals surface area contributed by atoms with Gasteiger partial charge in [0.05, 0.1) is 12.7 Å². The third-order valence-corrected chi connectivity index (χ3v) is 2.63. The zero-order chi connectivity index (χ0) is 10.6. The highest BCUT2D eigenvalue weighted by molar-refractivity contribution is 5.86. The second kappa shape index (κ2) is 4.43. The van der Waals surface area contributed by atoms with Crippen LogP contribution in [0.25, 0.3) is 0 Å². The first-order valence-corrected chi connectivity index (χ1v) is 4.83.